The van der Waals surface area contributed by atoms with Gasteiger partial charge in [-0.1, -0.05) is 27.2 Å². The first-order valence-corrected chi connectivity index (χ1v) is 6.17. The average molecular weight is 226 g/mol. The van der Waals surface area contributed by atoms with Crippen LogP contribution < -0.4 is 5.32 Å². The molecule has 0 aliphatic carbocycles. The second kappa shape index (κ2) is 5.87. The van der Waals surface area contributed by atoms with Gasteiger partial charge in [0.25, 0.3) is 0 Å². The number of amides is 2. The maximum absolute atomic E-state index is 12.0. The normalized spacial score (nSPS) is 22.8. The highest BCUT2D eigenvalue weighted by atomic mass is 16.2. The Morgan fingerprint density at radius 2 is 2.25 bits per heavy atom. The highest BCUT2D eigenvalue weighted by molar-refractivity contribution is 5.88. The first kappa shape index (κ1) is 13.0. The Kier molecular flexibility index (Phi) is 4.77. The molecule has 2 unspecified atom stereocenters. The molecule has 1 saturated heterocycles. The first-order valence-electron chi connectivity index (χ1n) is 6.17. The number of piperazine rings is 1. The highest BCUT2D eigenvalue weighted by Gasteiger charge is 2.31. The lowest BCUT2D eigenvalue weighted by molar-refractivity contribution is -0.144. The molecule has 1 fully saturated rings. The largest absolute Gasteiger partial charge is 0.353 e. The molecule has 0 saturated carbocycles. The summed E-state index contributed by atoms with van der Waals surface area (Å²) in [5.74, 6) is 0.511. The molecule has 92 valence electrons. The van der Waals surface area contributed by atoms with Crippen molar-refractivity contribution in [1.29, 1.82) is 0 Å². The van der Waals surface area contributed by atoms with Crippen molar-refractivity contribution in [2.75, 3.05) is 13.1 Å². The van der Waals surface area contributed by atoms with Crippen LogP contribution in [0, 0.1) is 5.92 Å². The van der Waals surface area contributed by atoms with E-state index < -0.39 is 0 Å². The van der Waals surface area contributed by atoms with Gasteiger partial charge in [-0.05, 0) is 12.3 Å². The molecule has 1 aliphatic heterocycles. The van der Waals surface area contributed by atoms with Gasteiger partial charge in [-0.3, -0.25) is 9.59 Å². The third-order valence-electron chi connectivity index (χ3n) is 3.26. The van der Waals surface area contributed by atoms with Crippen LogP contribution in [0.1, 0.15) is 40.0 Å². The minimum atomic E-state index is -0.259. The van der Waals surface area contributed by atoms with Crippen LogP contribution in [-0.4, -0.2) is 35.8 Å². The summed E-state index contributed by atoms with van der Waals surface area (Å²) < 4.78 is 0. The topological polar surface area (TPSA) is 49.4 Å². The fraction of sp³-hybridized carbons (Fsp3) is 0.833. The molecule has 0 aromatic rings. The minimum Gasteiger partial charge on any atom is -0.353 e. The number of carbonyl (C=O) groups excluding carboxylic acids is 2. The number of hydrogen-bond acceptors (Lipinski definition) is 2. The summed E-state index contributed by atoms with van der Waals surface area (Å²) in [6.45, 7) is 7.33. The van der Waals surface area contributed by atoms with Gasteiger partial charge in [0.2, 0.25) is 11.8 Å². The summed E-state index contributed by atoms with van der Waals surface area (Å²) in [5, 5.41) is 2.80. The highest BCUT2D eigenvalue weighted by Crippen LogP contribution is 2.14. The molecule has 1 aliphatic rings. The van der Waals surface area contributed by atoms with Crippen molar-refractivity contribution < 1.29 is 9.59 Å². The van der Waals surface area contributed by atoms with Crippen LogP contribution >= 0.6 is 0 Å². The number of rotatable bonds is 4. The van der Waals surface area contributed by atoms with Gasteiger partial charge in [0, 0.05) is 19.5 Å². The van der Waals surface area contributed by atoms with Crippen LogP contribution in [0.3, 0.4) is 0 Å². The van der Waals surface area contributed by atoms with E-state index in [1.807, 2.05) is 6.92 Å². The Morgan fingerprint density at radius 3 is 2.81 bits per heavy atom. The van der Waals surface area contributed by atoms with Crippen molar-refractivity contribution in [2.45, 2.75) is 46.1 Å². The molecule has 0 radical (unpaired) electrons. The summed E-state index contributed by atoms with van der Waals surface area (Å²) in [7, 11) is 0. The number of carbonyl (C=O) groups is 2. The lowest BCUT2D eigenvalue weighted by Gasteiger charge is -2.35. The molecule has 2 amide bonds. The zero-order valence-electron chi connectivity index (χ0n) is 10.5. The molecule has 0 aromatic carbocycles. The zero-order valence-corrected chi connectivity index (χ0v) is 10.5. The molecular formula is C12H22N2O2. The van der Waals surface area contributed by atoms with E-state index in [2.05, 4.69) is 19.2 Å². The van der Waals surface area contributed by atoms with Gasteiger partial charge < -0.3 is 10.2 Å². The lowest BCUT2D eigenvalue weighted by atomic mass is 10.0. The fourth-order valence-electron chi connectivity index (χ4n) is 1.98. The molecule has 16 heavy (non-hydrogen) atoms. The Morgan fingerprint density at radius 1 is 1.56 bits per heavy atom. The van der Waals surface area contributed by atoms with Crippen molar-refractivity contribution in [2.24, 2.45) is 5.92 Å². The molecule has 4 nitrogen and oxygen atoms in total. The van der Waals surface area contributed by atoms with Crippen molar-refractivity contribution >= 4 is 11.8 Å². The third-order valence-corrected chi connectivity index (χ3v) is 3.26. The van der Waals surface area contributed by atoms with Crippen LogP contribution in [0.15, 0.2) is 0 Å². The Labute approximate surface area is 97.4 Å². The summed E-state index contributed by atoms with van der Waals surface area (Å²) >= 11 is 0. The second-order valence-electron chi connectivity index (χ2n) is 4.52. The van der Waals surface area contributed by atoms with Gasteiger partial charge in [0.05, 0.1) is 0 Å². The predicted octanol–water partition coefficient (Wildman–Crippen LogP) is 1.16. The van der Waals surface area contributed by atoms with E-state index in [9.17, 15) is 9.59 Å². The lowest BCUT2D eigenvalue weighted by Crippen LogP contribution is -2.57. The van der Waals surface area contributed by atoms with E-state index in [0.717, 1.165) is 6.42 Å². The SMILES string of the molecule is CCC(C)CC(=O)N1CCNC(=O)C1CC. The average Bonchev–Trinajstić information content (AvgIpc) is 2.28. The van der Waals surface area contributed by atoms with Crippen molar-refractivity contribution in [3.05, 3.63) is 0 Å². The number of hydrogen-bond donors (Lipinski definition) is 1. The van der Waals surface area contributed by atoms with Gasteiger partial charge in [0.1, 0.15) is 6.04 Å². The summed E-state index contributed by atoms with van der Waals surface area (Å²) in [5.41, 5.74) is 0. The standard InChI is InChI=1S/C12H22N2O2/c1-4-9(3)8-11(15)14-7-6-13-12(16)10(14)5-2/h9-10H,4-8H2,1-3H3,(H,13,16). The van der Waals surface area contributed by atoms with E-state index in [0.29, 0.717) is 31.8 Å². The van der Waals surface area contributed by atoms with E-state index in [1.54, 1.807) is 4.90 Å². The monoisotopic (exact) mass is 226 g/mol. The van der Waals surface area contributed by atoms with Gasteiger partial charge in [0.15, 0.2) is 0 Å². The van der Waals surface area contributed by atoms with E-state index in [4.69, 9.17) is 0 Å². The Hall–Kier alpha value is -1.06. The molecule has 4 heteroatoms. The minimum absolute atomic E-state index is 0.00810. The second-order valence-corrected chi connectivity index (χ2v) is 4.52. The molecule has 2 atom stereocenters. The molecule has 1 rings (SSSR count). The van der Waals surface area contributed by atoms with E-state index in [1.165, 1.54) is 0 Å². The maximum atomic E-state index is 12.0. The van der Waals surface area contributed by atoms with Gasteiger partial charge in [-0.25, -0.2) is 0 Å². The molecule has 1 N–H and O–H groups in total. The Balaban J connectivity index is 2.62. The summed E-state index contributed by atoms with van der Waals surface area (Å²) in [6.07, 6.45) is 2.25. The number of nitrogens with zero attached hydrogens (tertiary/aromatic N) is 1. The fourth-order valence-corrected chi connectivity index (χ4v) is 1.98. The molecule has 0 spiro atoms. The van der Waals surface area contributed by atoms with Gasteiger partial charge >= 0.3 is 0 Å². The first-order chi connectivity index (χ1) is 7.60. The smallest absolute Gasteiger partial charge is 0.242 e. The zero-order chi connectivity index (χ0) is 12.1. The summed E-state index contributed by atoms with van der Waals surface area (Å²) in [6, 6.07) is -0.259. The molecule has 0 bridgehead atoms. The van der Waals surface area contributed by atoms with Crippen LogP contribution in [0.5, 0.6) is 0 Å². The van der Waals surface area contributed by atoms with Crippen LogP contribution in [0.25, 0.3) is 0 Å². The van der Waals surface area contributed by atoms with Crippen LogP contribution in [-0.2, 0) is 9.59 Å². The predicted molar refractivity (Wildman–Crippen MR) is 62.9 cm³/mol. The molecule has 0 aromatic heterocycles. The quantitative estimate of drug-likeness (QED) is 0.782. The van der Waals surface area contributed by atoms with E-state index in [-0.39, 0.29) is 17.9 Å². The third kappa shape index (κ3) is 2.97. The van der Waals surface area contributed by atoms with Crippen LogP contribution in [0.2, 0.25) is 0 Å². The number of nitrogens with one attached hydrogen (secondary N) is 1. The van der Waals surface area contributed by atoms with Gasteiger partial charge in [-0.15, -0.1) is 0 Å². The van der Waals surface area contributed by atoms with Crippen LogP contribution in [0.4, 0.5) is 0 Å². The Bertz CT molecular complexity index is 266. The van der Waals surface area contributed by atoms with Crippen molar-refractivity contribution in [1.82, 2.24) is 10.2 Å². The van der Waals surface area contributed by atoms with Crippen molar-refractivity contribution in [3.63, 3.8) is 0 Å². The van der Waals surface area contributed by atoms with Gasteiger partial charge in [-0.2, -0.15) is 0 Å². The molecular weight excluding hydrogens is 204 g/mol. The van der Waals surface area contributed by atoms with E-state index >= 15 is 0 Å². The maximum Gasteiger partial charge on any atom is 0.242 e. The van der Waals surface area contributed by atoms with Crippen molar-refractivity contribution in [3.8, 4) is 0 Å². The summed E-state index contributed by atoms with van der Waals surface area (Å²) in [4.78, 5) is 25.4. The molecule has 1 heterocycles.